The standard InChI is InChI=1S/C22H22N6O/c1-14(2)28-13-24-27-21(28)18-5-4-6-20(25-18)26-22(29)19-11-17(12-23-19)16-9-7-15(3)8-10-16/h4-14,23H,1-3H3,(H,25,26,29). The Balaban J connectivity index is 1.53. The van der Waals surface area contributed by atoms with E-state index in [1.165, 1.54) is 5.56 Å². The highest BCUT2D eigenvalue weighted by Crippen LogP contribution is 2.22. The highest BCUT2D eigenvalue weighted by atomic mass is 16.1. The summed E-state index contributed by atoms with van der Waals surface area (Å²) >= 11 is 0. The maximum absolute atomic E-state index is 12.7. The maximum atomic E-state index is 12.7. The van der Waals surface area contributed by atoms with Crippen molar-refractivity contribution in [3.8, 4) is 22.6 Å². The van der Waals surface area contributed by atoms with Gasteiger partial charge in [0.25, 0.3) is 5.91 Å². The summed E-state index contributed by atoms with van der Waals surface area (Å²) in [5, 5.41) is 11.0. The van der Waals surface area contributed by atoms with Gasteiger partial charge in [-0.2, -0.15) is 0 Å². The Morgan fingerprint density at radius 2 is 1.90 bits per heavy atom. The molecule has 0 aliphatic rings. The Kier molecular flexibility index (Phi) is 4.95. The number of aromatic nitrogens is 5. The molecule has 2 N–H and O–H groups in total. The van der Waals surface area contributed by atoms with Gasteiger partial charge >= 0.3 is 0 Å². The number of anilines is 1. The third kappa shape index (κ3) is 3.94. The second kappa shape index (κ2) is 7.71. The van der Waals surface area contributed by atoms with Crippen LogP contribution in [0.2, 0.25) is 0 Å². The van der Waals surface area contributed by atoms with Crippen LogP contribution in [-0.4, -0.2) is 30.6 Å². The number of aromatic amines is 1. The van der Waals surface area contributed by atoms with Gasteiger partial charge in [-0.05, 0) is 50.1 Å². The zero-order chi connectivity index (χ0) is 20.4. The van der Waals surface area contributed by atoms with Crippen molar-refractivity contribution in [1.29, 1.82) is 0 Å². The van der Waals surface area contributed by atoms with Gasteiger partial charge in [-0.1, -0.05) is 35.9 Å². The van der Waals surface area contributed by atoms with Crippen molar-refractivity contribution in [3.05, 3.63) is 72.3 Å². The summed E-state index contributed by atoms with van der Waals surface area (Å²) < 4.78 is 1.94. The zero-order valence-corrected chi connectivity index (χ0v) is 16.5. The van der Waals surface area contributed by atoms with E-state index in [-0.39, 0.29) is 11.9 Å². The number of carbonyl (C=O) groups excluding carboxylic acids is 1. The first kappa shape index (κ1) is 18.6. The van der Waals surface area contributed by atoms with E-state index in [1.807, 2.05) is 60.2 Å². The molecule has 0 saturated carbocycles. The smallest absolute Gasteiger partial charge is 0.273 e. The molecule has 7 heteroatoms. The number of hydrogen-bond acceptors (Lipinski definition) is 4. The third-order valence-electron chi connectivity index (χ3n) is 4.66. The molecule has 0 aliphatic heterocycles. The van der Waals surface area contributed by atoms with Gasteiger partial charge in [0.2, 0.25) is 0 Å². The number of pyridine rings is 1. The molecular formula is C22H22N6O. The van der Waals surface area contributed by atoms with E-state index in [0.717, 1.165) is 11.1 Å². The molecule has 4 rings (SSSR count). The van der Waals surface area contributed by atoms with Gasteiger partial charge in [-0.15, -0.1) is 10.2 Å². The van der Waals surface area contributed by atoms with Crippen LogP contribution in [0, 0.1) is 6.92 Å². The van der Waals surface area contributed by atoms with Crippen molar-refractivity contribution in [2.24, 2.45) is 0 Å². The second-order valence-electron chi connectivity index (χ2n) is 7.19. The summed E-state index contributed by atoms with van der Waals surface area (Å²) in [6.45, 7) is 6.15. The molecule has 3 heterocycles. The highest BCUT2D eigenvalue weighted by molar-refractivity contribution is 6.03. The molecule has 1 amide bonds. The molecule has 3 aromatic heterocycles. The van der Waals surface area contributed by atoms with Crippen LogP contribution in [0.4, 0.5) is 5.82 Å². The Bertz CT molecular complexity index is 1140. The number of aryl methyl sites for hydroxylation is 1. The van der Waals surface area contributed by atoms with Crippen LogP contribution >= 0.6 is 0 Å². The lowest BCUT2D eigenvalue weighted by molar-refractivity contribution is 0.102. The summed E-state index contributed by atoms with van der Waals surface area (Å²) in [5.74, 6) is 0.869. The predicted octanol–water partition coefficient (Wildman–Crippen LogP) is 4.48. The number of hydrogen-bond donors (Lipinski definition) is 2. The van der Waals surface area contributed by atoms with E-state index in [9.17, 15) is 4.79 Å². The Labute approximate surface area is 168 Å². The molecule has 1 aromatic carbocycles. The van der Waals surface area contributed by atoms with Crippen LogP contribution in [0.1, 0.15) is 35.9 Å². The van der Waals surface area contributed by atoms with Crippen LogP contribution < -0.4 is 5.32 Å². The molecule has 0 atom stereocenters. The molecule has 0 fully saturated rings. The van der Waals surface area contributed by atoms with Crippen LogP contribution in [-0.2, 0) is 0 Å². The maximum Gasteiger partial charge on any atom is 0.273 e. The summed E-state index contributed by atoms with van der Waals surface area (Å²) in [7, 11) is 0. The van der Waals surface area contributed by atoms with E-state index in [0.29, 0.717) is 23.0 Å². The molecule has 7 nitrogen and oxygen atoms in total. The molecule has 146 valence electrons. The minimum atomic E-state index is -0.252. The Morgan fingerprint density at radius 1 is 1.10 bits per heavy atom. The molecule has 0 saturated heterocycles. The number of rotatable bonds is 5. The topological polar surface area (TPSA) is 88.5 Å². The van der Waals surface area contributed by atoms with Crippen molar-refractivity contribution < 1.29 is 4.79 Å². The number of carbonyl (C=O) groups is 1. The largest absolute Gasteiger partial charge is 0.357 e. The monoisotopic (exact) mass is 386 g/mol. The summed E-state index contributed by atoms with van der Waals surface area (Å²) in [4.78, 5) is 20.2. The fourth-order valence-corrected chi connectivity index (χ4v) is 3.05. The van der Waals surface area contributed by atoms with E-state index < -0.39 is 0 Å². The van der Waals surface area contributed by atoms with Crippen molar-refractivity contribution in [2.75, 3.05) is 5.32 Å². The number of nitrogens with one attached hydrogen (secondary N) is 2. The van der Waals surface area contributed by atoms with E-state index in [2.05, 4.69) is 39.3 Å². The fraction of sp³-hybridized carbons (Fsp3) is 0.182. The van der Waals surface area contributed by atoms with Gasteiger partial charge in [0.05, 0.1) is 0 Å². The first-order valence-electron chi connectivity index (χ1n) is 9.45. The molecule has 0 spiro atoms. The van der Waals surface area contributed by atoms with Crippen LogP contribution in [0.15, 0.2) is 61.1 Å². The molecule has 0 bridgehead atoms. The van der Waals surface area contributed by atoms with Gasteiger partial charge in [0.15, 0.2) is 5.82 Å². The fourth-order valence-electron chi connectivity index (χ4n) is 3.05. The van der Waals surface area contributed by atoms with E-state index in [4.69, 9.17) is 0 Å². The number of nitrogens with zero attached hydrogens (tertiary/aromatic N) is 4. The van der Waals surface area contributed by atoms with E-state index >= 15 is 0 Å². The van der Waals surface area contributed by atoms with Crippen molar-refractivity contribution in [1.82, 2.24) is 24.7 Å². The SMILES string of the molecule is Cc1ccc(-c2c[nH]c(C(=O)Nc3cccc(-c4nncn4C(C)C)n3)c2)cc1. The number of H-pyrrole nitrogens is 1. The molecular weight excluding hydrogens is 364 g/mol. The van der Waals surface area contributed by atoms with Gasteiger partial charge in [-0.25, -0.2) is 4.98 Å². The lowest BCUT2D eigenvalue weighted by Crippen LogP contribution is -2.13. The minimum Gasteiger partial charge on any atom is -0.357 e. The molecule has 0 radical (unpaired) electrons. The van der Waals surface area contributed by atoms with Gasteiger partial charge < -0.3 is 14.9 Å². The molecule has 0 aliphatic carbocycles. The van der Waals surface area contributed by atoms with Crippen LogP contribution in [0.25, 0.3) is 22.6 Å². The highest BCUT2D eigenvalue weighted by Gasteiger charge is 2.14. The normalized spacial score (nSPS) is 11.0. The Hall–Kier alpha value is -3.74. The van der Waals surface area contributed by atoms with Crippen molar-refractivity contribution in [2.45, 2.75) is 26.8 Å². The predicted molar refractivity (Wildman–Crippen MR) is 113 cm³/mol. The van der Waals surface area contributed by atoms with E-state index in [1.54, 1.807) is 12.4 Å². The van der Waals surface area contributed by atoms with Crippen LogP contribution in [0.3, 0.4) is 0 Å². The number of amides is 1. The molecule has 29 heavy (non-hydrogen) atoms. The quantitative estimate of drug-likeness (QED) is 0.529. The average Bonchev–Trinajstić information content (AvgIpc) is 3.39. The average molecular weight is 386 g/mol. The number of benzene rings is 1. The zero-order valence-electron chi connectivity index (χ0n) is 16.5. The first-order valence-corrected chi connectivity index (χ1v) is 9.45. The summed E-state index contributed by atoms with van der Waals surface area (Å²) in [5.41, 5.74) is 4.33. The Morgan fingerprint density at radius 3 is 2.66 bits per heavy atom. The molecule has 0 unspecified atom stereocenters. The summed E-state index contributed by atoms with van der Waals surface area (Å²) in [6, 6.07) is 15.7. The lowest BCUT2D eigenvalue weighted by Gasteiger charge is -2.10. The lowest BCUT2D eigenvalue weighted by atomic mass is 10.1. The van der Waals surface area contributed by atoms with Gasteiger partial charge in [-0.3, -0.25) is 4.79 Å². The first-order chi connectivity index (χ1) is 14.0. The molecule has 4 aromatic rings. The van der Waals surface area contributed by atoms with Crippen molar-refractivity contribution >= 4 is 11.7 Å². The summed E-state index contributed by atoms with van der Waals surface area (Å²) in [6.07, 6.45) is 3.51. The van der Waals surface area contributed by atoms with Gasteiger partial charge in [0, 0.05) is 12.2 Å². The third-order valence-corrected chi connectivity index (χ3v) is 4.66. The van der Waals surface area contributed by atoms with Gasteiger partial charge in [0.1, 0.15) is 23.5 Å². The van der Waals surface area contributed by atoms with Crippen LogP contribution in [0.5, 0.6) is 0 Å². The second-order valence-corrected chi connectivity index (χ2v) is 7.19. The minimum absolute atomic E-state index is 0.208. The van der Waals surface area contributed by atoms with Crippen molar-refractivity contribution in [3.63, 3.8) is 0 Å².